The van der Waals surface area contributed by atoms with E-state index in [9.17, 15) is 4.79 Å². The Labute approximate surface area is 117 Å². The molecule has 7 nitrogen and oxygen atoms in total. The molecule has 0 bridgehead atoms. The van der Waals surface area contributed by atoms with Crippen molar-refractivity contribution < 1.29 is 9.21 Å². The highest BCUT2D eigenvalue weighted by atomic mass is 16.4. The van der Waals surface area contributed by atoms with E-state index in [1.807, 2.05) is 27.7 Å². The van der Waals surface area contributed by atoms with Crippen molar-refractivity contribution in [3.05, 3.63) is 28.7 Å². The third kappa shape index (κ3) is 2.66. The third-order valence-electron chi connectivity index (χ3n) is 3.10. The monoisotopic (exact) mass is 277 g/mol. The summed E-state index contributed by atoms with van der Waals surface area (Å²) in [4.78, 5) is 16.2. The van der Waals surface area contributed by atoms with Crippen LogP contribution in [0.15, 0.2) is 4.42 Å². The topological polar surface area (TPSA) is 110 Å². The number of hydrogen-bond acceptors (Lipinski definition) is 5. The number of anilines is 1. The Morgan fingerprint density at radius 2 is 2.15 bits per heavy atom. The van der Waals surface area contributed by atoms with E-state index in [1.54, 1.807) is 0 Å². The number of carbonyl (C=O) groups excluding carboxylic acids is 1. The Balaban J connectivity index is 2.05. The van der Waals surface area contributed by atoms with Gasteiger partial charge in [0, 0.05) is 0 Å². The Morgan fingerprint density at radius 1 is 1.45 bits per heavy atom. The fourth-order valence-corrected chi connectivity index (χ4v) is 1.83. The van der Waals surface area contributed by atoms with Crippen molar-refractivity contribution in [2.75, 3.05) is 5.73 Å². The minimum absolute atomic E-state index is 0.182. The summed E-state index contributed by atoms with van der Waals surface area (Å²) in [5.41, 5.74) is 8.07. The van der Waals surface area contributed by atoms with Gasteiger partial charge in [-0.3, -0.25) is 9.89 Å². The van der Waals surface area contributed by atoms with Crippen LogP contribution in [0.2, 0.25) is 0 Å². The van der Waals surface area contributed by atoms with Crippen molar-refractivity contribution in [1.29, 1.82) is 0 Å². The van der Waals surface area contributed by atoms with E-state index in [0.29, 0.717) is 11.6 Å². The number of H-pyrrole nitrogens is 1. The molecule has 2 heterocycles. The van der Waals surface area contributed by atoms with Crippen LogP contribution in [0.3, 0.4) is 0 Å². The summed E-state index contributed by atoms with van der Waals surface area (Å²) in [5.74, 6) is 1.04. The molecule has 0 spiro atoms. The standard InChI is InChI=1S/C13H19N5O2/c1-6(2)11-10(14)12(18-17-11)13(19)15-5-9-16-7(3)8(4)20-9/h6H,5,14H2,1-4H3,(H,15,19)(H,17,18). The molecule has 0 aliphatic heterocycles. The second kappa shape index (κ2) is 5.36. The lowest BCUT2D eigenvalue weighted by Crippen LogP contribution is -2.24. The van der Waals surface area contributed by atoms with Gasteiger partial charge in [-0.15, -0.1) is 0 Å². The van der Waals surface area contributed by atoms with Crippen molar-refractivity contribution in [1.82, 2.24) is 20.5 Å². The van der Waals surface area contributed by atoms with Gasteiger partial charge in [0.1, 0.15) is 5.76 Å². The van der Waals surface area contributed by atoms with Crippen LogP contribution in [0.5, 0.6) is 0 Å². The van der Waals surface area contributed by atoms with Gasteiger partial charge in [0.15, 0.2) is 5.69 Å². The molecule has 4 N–H and O–H groups in total. The normalized spacial score (nSPS) is 11.1. The predicted molar refractivity (Wildman–Crippen MR) is 74.2 cm³/mol. The van der Waals surface area contributed by atoms with Crippen LogP contribution in [-0.2, 0) is 6.54 Å². The third-order valence-corrected chi connectivity index (χ3v) is 3.10. The highest BCUT2D eigenvalue weighted by molar-refractivity contribution is 5.97. The Bertz CT molecular complexity index is 607. The average molecular weight is 277 g/mol. The molecule has 0 aliphatic rings. The number of hydrogen-bond donors (Lipinski definition) is 3. The number of nitrogens with zero attached hydrogens (tertiary/aromatic N) is 2. The maximum absolute atomic E-state index is 12.0. The molecule has 0 aromatic carbocycles. The minimum Gasteiger partial charge on any atom is -0.444 e. The number of aromatic amines is 1. The lowest BCUT2D eigenvalue weighted by molar-refractivity contribution is 0.0943. The van der Waals surface area contributed by atoms with Crippen LogP contribution in [0.4, 0.5) is 5.69 Å². The number of aryl methyl sites for hydroxylation is 2. The molecular weight excluding hydrogens is 258 g/mol. The number of carbonyl (C=O) groups is 1. The zero-order valence-corrected chi connectivity index (χ0v) is 12.1. The fraction of sp³-hybridized carbons (Fsp3) is 0.462. The number of nitrogen functional groups attached to an aromatic ring is 1. The molecule has 0 fully saturated rings. The largest absolute Gasteiger partial charge is 0.444 e. The summed E-state index contributed by atoms with van der Waals surface area (Å²) in [5, 5.41) is 9.44. The smallest absolute Gasteiger partial charge is 0.274 e. The Hall–Kier alpha value is -2.31. The van der Waals surface area contributed by atoms with E-state index < -0.39 is 0 Å². The van der Waals surface area contributed by atoms with Gasteiger partial charge in [-0.05, 0) is 19.8 Å². The first-order chi connectivity index (χ1) is 9.40. The number of nitrogens with one attached hydrogen (secondary N) is 2. The second-order valence-electron chi connectivity index (χ2n) is 4.99. The molecule has 20 heavy (non-hydrogen) atoms. The van der Waals surface area contributed by atoms with Crippen LogP contribution in [0, 0.1) is 13.8 Å². The van der Waals surface area contributed by atoms with Gasteiger partial charge in [0.2, 0.25) is 5.89 Å². The molecule has 0 radical (unpaired) electrons. The van der Waals surface area contributed by atoms with E-state index >= 15 is 0 Å². The highest BCUT2D eigenvalue weighted by Gasteiger charge is 2.19. The Morgan fingerprint density at radius 3 is 2.65 bits per heavy atom. The van der Waals surface area contributed by atoms with Gasteiger partial charge in [-0.2, -0.15) is 5.10 Å². The first-order valence-electron chi connectivity index (χ1n) is 6.45. The lowest BCUT2D eigenvalue weighted by atomic mass is 10.1. The molecule has 2 aromatic heterocycles. The summed E-state index contributed by atoms with van der Waals surface area (Å²) in [6, 6.07) is 0. The van der Waals surface area contributed by atoms with Gasteiger partial charge in [-0.25, -0.2) is 4.98 Å². The molecule has 108 valence electrons. The molecular formula is C13H19N5O2. The maximum Gasteiger partial charge on any atom is 0.274 e. The van der Waals surface area contributed by atoms with Gasteiger partial charge < -0.3 is 15.5 Å². The van der Waals surface area contributed by atoms with Crippen molar-refractivity contribution >= 4 is 11.6 Å². The first-order valence-corrected chi connectivity index (χ1v) is 6.45. The fourth-order valence-electron chi connectivity index (χ4n) is 1.83. The van der Waals surface area contributed by atoms with Crippen molar-refractivity contribution in [3.63, 3.8) is 0 Å². The SMILES string of the molecule is Cc1nc(CNC(=O)c2n[nH]c(C(C)C)c2N)oc1C. The highest BCUT2D eigenvalue weighted by Crippen LogP contribution is 2.21. The summed E-state index contributed by atoms with van der Waals surface area (Å²) < 4.78 is 5.39. The number of nitrogens with two attached hydrogens (primary N) is 1. The summed E-state index contributed by atoms with van der Waals surface area (Å²) in [6.45, 7) is 7.84. The van der Waals surface area contributed by atoms with Crippen LogP contribution in [0.25, 0.3) is 0 Å². The molecule has 0 saturated heterocycles. The number of rotatable bonds is 4. The van der Waals surface area contributed by atoms with Crippen LogP contribution in [0.1, 0.15) is 53.3 Å². The minimum atomic E-state index is -0.348. The lowest BCUT2D eigenvalue weighted by Gasteiger charge is -2.03. The number of amides is 1. The molecule has 1 amide bonds. The van der Waals surface area contributed by atoms with Crippen molar-refractivity contribution in [2.45, 2.75) is 40.2 Å². The van der Waals surface area contributed by atoms with E-state index in [-0.39, 0.29) is 24.1 Å². The molecule has 7 heteroatoms. The summed E-state index contributed by atoms with van der Waals surface area (Å²) >= 11 is 0. The Kier molecular flexibility index (Phi) is 3.78. The maximum atomic E-state index is 12.0. The predicted octanol–water partition coefficient (Wildman–Crippen LogP) is 1.65. The van der Waals surface area contributed by atoms with Gasteiger partial charge in [-0.1, -0.05) is 13.8 Å². The van der Waals surface area contributed by atoms with E-state index in [0.717, 1.165) is 17.1 Å². The first kappa shape index (κ1) is 14.1. The zero-order valence-electron chi connectivity index (χ0n) is 12.1. The van der Waals surface area contributed by atoms with Crippen LogP contribution < -0.4 is 11.1 Å². The molecule has 0 saturated carbocycles. The average Bonchev–Trinajstić information content (AvgIpc) is 2.90. The summed E-state index contributed by atoms with van der Waals surface area (Å²) in [7, 11) is 0. The van der Waals surface area contributed by atoms with Gasteiger partial charge in [0.25, 0.3) is 5.91 Å². The van der Waals surface area contributed by atoms with Gasteiger partial charge >= 0.3 is 0 Å². The molecule has 2 rings (SSSR count). The van der Waals surface area contributed by atoms with E-state index in [4.69, 9.17) is 10.2 Å². The van der Waals surface area contributed by atoms with Crippen LogP contribution >= 0.6 is 0 Å². The molecule has 0 unspecified atom stereocenters. The van der Waals surface area contributed by atoms with E-state index in [1.165, 1.54) is 0 Å². The molecule has 0 atom stereocenters. The number of aromatic nitrogens is 3. The van der Waals surface area contributed by atoms with Gasteiger partial charge in [0.05, 0.1) is 23.6 Å². The second-order valence-corrected chi connectivity index (χ2v) is 4.99. The van der Waals surface area contributed by atoms with Crippen molar-refractivity contribution in [3.8, 4) is 0 Å². The van der Waals surface area contributed by atoms with Crippen LogP contribution in [-0.4, -0.2) is 21.1 Å². The van der Waals surface area contributed by atoms with E-state index in [2.05, 4.69) is 20.5 Å². The molecule has 2 aromatic rings. The zero-order chi connectivity index (χ0) is 14.9. The summed E-state index contributed by atoms with van der Waals surface area (Å²) in [6.07, 6.45) is 0. The quantitative estimate of drug-likeness (QED) is 0.787. The molecule has 0 aliphatic carbocycles. The number of oxazole rings is 1. The van der Waals surface area contributed by atoms with Crippen molar-refractivity contribution in [2.24, 2.45) is 0 Å².